The van der Waals surface area contributed by atoms with E-state index in [9.17, 15) is 4.79 Å². The van der Waals surface area contributed by atoms with Gasteiger partial charge in [-0.25, -0.2) is 9.31 Å². The fourth-order valence-electron chi connectivity index (χ4n) is 2.49. The van der Waals surface area contributed by atoms with Crippen LogP contribution in [-0.2, 0) is 11.2 Å². The molecule has 0 N–H and O–H groups in total. The third-order valence-corrected chi connectivity index (χ3v) is 3.94. The second kappa shape index (κ2) is 5.96. The molecule has 0 fully saturated rings. The van der Waals surface area contributed by atoms with Gasteiger partial charge in [-0.1, -0.05) is 30.7 Å². The van der Waals surface area contributed by atoms with Crippen molar-refractivity contribution in [3.05, 3.63) is 46.4 Å². The van der Waals surface area contributed by atoms with E-state index in [1.165, 1.54) is 7.11 Å². The number of rotatable bonds is 3. The molecule has 7 heteroatoms. The Morgan fingerprint density at radius 2 is 1.96 bits per heavy atom. The Hall–Kier alpha value is -2.47. The Labute approximate surface area is 138 Å². The Balaban J connectivity index is 2.28. The largest absolute Gasteiger partial charge is 0.464 e. The molecule has 0 saturated heterocycles. The number of carbonyl (C=O) groups excluding carboxylic acids is 1. The highest BCUT2D eigenvalue weighted by molar-refractivity contribution is 6.30. The Morgan fingerprint density at radius 1 is 1.26 bits per heavy atom. The summed E-state index contributed by atoms with van der Waals surface area (Å²) in [6, 6.07) is 7.49. The van der Waals surface area contributed by atoms with Gasteiger partial charge in [0.25, 0.3) is 0 Å². The predicted molar refractivity (Wildman–Crippen MR) is 86.7 cm³/mol. The summed E-state index contributed by atoms with van der Waals surface area (Å²) in [7, 11) is 1.31. The molecule has 23 heavy (non-hydrogen) atoms. The molecule has 0 atom stereocenters. The maximum atomic E-state index is 11.8. The fourth-order valence-corrected chi connectivity index (χ4v) is 2.62. The van der Waals surface area contributed by atoms with Gasteiger partial charge in [-0.15, -0.1) is 10.2 Å². The van der Waals surface area contributed by atoms with Crippen LogP contribution in [0.4, 0.5) is 0 Å². The minimum atomic E-state index is -0.529. The zero-order valence-corrected chi connectivity index (χ0v) is 13.8. The van der Waals surface area contributed by atoms with E-state index in [4.69, 9.17) is 16.3 Å². The molecule has 1 aromatic carbocycles. The lowest BCUT2D eigenvalue weighted by Gasteiger charge is -2.04. The van der Waals surface area contributed by atoms with Crippen molar-refractivity contribution < 1.29 is 9.53 Å². The van der Waals surface area contributed by atoms with Crippen molar-refractivity contribution in [1.82, 2.24) is 19.8 Å². The van der Waals surface area contributed by atoms with Gasteiger partial charge >= 0.3 is 5.97 Å². The van der Waals surface area contributed by atoms with E-state index in [0.29, 0.717) is 16.4 Å². The maximum Gasteiger partial charge on any atom is 0.360 e. The van der Waals surface area contributed by atoms with Crippen LogP contribution >= 0.6 is 11.6 Å². The molecule has 0 aliphatic rings. The van der Waals surface area contributed by atoms with E-state index in [1.807, 2.05) is 31.2 Å². The molecule has 0 spiro atoms. The Morgan fingerprint density at radius 3 is 2.57 bits per heavy atom. The minimum absolute atomic E-state index is 0.160. The molecule has 2 heterocycles. The number of halogens is 1. The van der Waals surface area contributed by atoms with Gasteiger partial charge in [0.1, 0.15) is 0 Å². The molecule has 0 aliphatic heterocycles. The van der Waals surface area contributed by atoms with Crippen molar-refractivity contribution in [2.75, 3.05) is 7.11 Å². The smallest absolute Gasteiger partial charge is 0.360 e. The summed E-state index contributed by atoms with van der Waals surface area (Å²) in [6.07, 6.45) is 0.730. The lowest BCUT2D eigenvalue weighted by atomic mass is 10.0. The normalized spacial score (nSPS) is 11.0. The number of methoxy groups -OCH3 is 1. The molecule has 118 valence electrons. The lowest BCUT2D eigenvalue weighted by molar-refractivity contribution is 0.0590. The lowest BCUT2D eigenvalue weighted by Crippen LogP contribution is -2.12. The van der Waals surface area contributed by atoms with Crippen molar-refractivity contribution in [1.29, 1.82) is 0 Å². The zero-order chi connectivity index (χ0) is 16.6. The average Bonchev–Trinajstić information content (AvgIpc) is 2.95. The summed E-state index contributed by atoms with van der Waals surface area (Å²) in [6.45, 7) is 3.79. The first-order valence-electron chi connectivity index (χ1n) is 7.16. The van der Waals surface area contributed by atoms with Gasteiger partial charge in [-0.2, -0.15) is 5.10 Å². The van der Waals surface area contributed by atoms with E-state index >= 15 is 0 Å². The first kappa shape index (κ1) is 15.4. The van der Waals surface area contributed by atoms with Crippen LogP contribution < -0.4 is 0 Å². The summed E-state index contributed by atoms with van der Waals surface area (Å²) in [5.41, 5.74) is 4.10. The minimum Gasteiger partial charge on any atom is -0.464 e. The van der Waals surface area contributed by atoms with E-state index in [1.54, 1.807) is 11.4 Å². The highest BCUT2D eigenvalue weighted by Crippen LogP contribution is 2.29. The molecule has 0 bridgehead atoms. The van der Waals surface area contributed by atoms with Gasteiger partial charge < -0.3 is 4.74 Å². The monoisotopic (exact) mass is 330 g/mol. The van der Waals surface area contributed by atoms with Gasteiger partial charge in [0.05, 0.1) is 24.1 Å². The second-order valence-corrected chi connectivity index (χ2v) is 5.48. The van der Waals surface area contributed by atoms with Crippen molar-refractivity contribution in [3.63, 3.8) is 0 Å². The summed E-state index contributed by atoms with van der Waals surface area (Å²) >= 11 is 5.96. The zero-order valence-electron chi connectivity index (χ0n) is 13.0. The first-order valence-corrected chi connectivity index (χ1v) is 7.53. The molecular weight excluding hydrogens is 316 g/mol. The molecule has 0 amide bonds. The van der Waals surface area contributed by atoms with E-state index in [-0.39, 0.29) is 5.69 Å². The van der Waals surface area contributed by atoms with Crippen LogP contribution in [0, 0.1) is 6.92 Å². The number of benzene rings is 1. The standard InChI is InChI=1S/C16H15ClN4O2/c1-4-12-13(10-5-7-11(17)8-6-10)15-19-18-14(16(22)23-3)9(2)21(15)20-12/h5-8H,4H2,1-3H3. The number of aryl methyl sites for hydroxylation is 2. The highest BCUT2D eigenvalue weighted by Gasteiger charge is 2.21. The fraction of sp³-hybridized carbons (Fsp3) is 0.250. The number of hydrogen-bond donors (Lipinski definition) is 0. The summed E-state index contributed by atoms with van der Waals surface area (Å²) < 4.78 is 6.37. The number of nitrogens with zero attached hydrogens (tertiary/aromatic N) is 4. The average molecular weight is 331 g/mol. The van der Waals surface area contributed by atoms with E-state index < -0.39 is 5.97 Å². The molecular formula is C16H15ClN4O2. The third kappa shape index (κ3) is 2.55. The van der Waals surface area contributed by atoms with Crippen LogP contribution in [0.15, 0.2) is 24.3 Å². The first-order chi connectivity index (χ1) is 11.1. The van der Waals surface area contributed by atoms with Gasteiger partial charge in [0.2, 0.25) is 0 Å². The molecule has 0 aliphatic carbocycles. The van der Waals surface area contributed by atoms with Crippen LogP contribution in [0.25, 0.3) is 16.8 Å². The van der Waals surface area contributed by atoms with Gasteiger partial charge in [0, 0.05) is 5.02 Å². The Bertz CT molecular complexity index is 887. The van der Waals surface area contributed by atoms with Gasteiger partial charge in [-0.3, -0.25) is 0 Å². The van der Waals surface area contributed by atoms with Crippen molar-refractivity contribution >= 4 is 23.2 Å². The number of carbonyl (C=O) groups is 1. The van der Waals surface area contributed by atoms with E-state index in [0.717, 1.165) is 23.2 Å². The van der Waals surface area contributed by atoms with Crippen LogP contribution in [0.1, 0.15) is 28.8 Å². The molecule has 0 radical (unpaired) electrons. The SMILES string of the molecule is CCc1nn2c(C)c(C(=O)OC)nnc2c1-c1ccc(Cl)cc1. The molecule has 2 aromatic heterocycles. The number of esters is 1. The molecule has 6 nitrogen and oxygen atoms in total. The molecule has 0 saturated carbocycles. The molecule has 3 aromatic rings. The van der Waals surface area contributed by atoms with Crippen LogP contribution in [0.3, 0.4) is 0 Å². The highest BCUT2D eigenvalue weighted by atomic mass is 35.5. The predicted octanol–water partition coefficient (Wildman–Crippen LogP) is 3.10. The molecule has 3 rings (SSSR count). The van der Waals surface area contributed by atoms with Crippen LogP contribution in [0.2, 0.25) is 5.02 Å². The summed E-state index contributed by atoms with van der Waals surface area (Å²) in [5.74, 6) is -0.529. The van der Waals surface area contributed by atoms with Crippen LogP contribution in [0.5, 0.6) is 0 Å². The van der Waals surface area contributed by atoms with Crippen molar-refractivity contribution in [2.45, 2.75) is 20.3 Å². The van der Waals surface area contributed by atoms with Gasteiger partial charge in [-0.05, 0) is 31.0 Å². The summed E-state index contributed by atoms with van der Waals surface area (Å²) in [4.78, 5) is 11.8. The topological polar surface area (TPSA) is 69.4 Å². The van der Waals surface area contributed by atoms with E-state index in [2.05, 4.69) is 15.3 Å². The Kier molecular flexibility index (Phi) is 4.00. The maximum absolute atomic E-state index is 11.8. The number of fused-ring (bicyclic) bond motifs is 1. The van der Waals surface area contributed by atoms with Gasteiger partial charge in [0.15, 0.2) is 11.3 Å². The number of hydrogen-bond acceptors (Lipinski definition) is 5. The number of ether oxygens (including phenoxy) is 1. The number of aromatic nitrogens is 4. The summed E-state index contributed by atoms with van der Waals surface area (Å²) in [5, 5.41) is 13.5. The van der Waals surface area contributed by atoms with Crippen molar-refractivity contribution in [3.8, 4) is 11.1 Å². The molecule has 0 unspecified atom stereocenters. The van der Waals surface area contributed by atoms with Crippen LogP contribution in [-0.4, -0.2) is 32.9 Å². The quantitative estimate of drug-likeness (QED) is 0.690. The third-order valence-electron chi connectivity index (χ3n) is 3.69. The van der Waals surface area contributed by atoms with Crippen molar-refractivity contribution in [2.24, 2.45) is 0 Å². The second-order valence-electron chi connectivity index (χ2n) is 5.04.